The van der Waals surface area contributed by atoms with Gasteiger partial charge in [0, 0.05) is 16.8 Å². The van der Waals surface area contributed by atoms with Crippen LogP contribution in [0.3, 0.4) is 0 Å². The molecular weight excluding hydrogens is 436 g/mol. The number of amides is 1. The molecular formula is C22H17BrN2O2S. The third-order valence-electron chi connectivity index (χ3n) is 4.18. The number of rotatable bonds is 5. The second-order valence-electron chi connectivity index (χ2n) is 6.10. The summed E-state index contributed by atoms with van der Waals surface area (Å²) in [6, 6.07) is 21.1. The lowest BCUT2D eigenvalue weighted by Crippen LogP contribution is -2.11. The number of hydrogen-bond donors (Lipinski definition) is 1. The molecule has 0 bridgehead atoms. The molecule has 4 rings (SSSR count). The summed E-state index contributed by atoms with van der Waals surface area (Å²) in [7, 11) is 0. The molecule has 0 radical (unpaired) electrons. The summed E-state index contributed by atoms with van der Waals surface area (Å²) in [5, 5.41) is 3.89. The first kappa shape index (κ1) is 18.7. The van der Waals surface area contributed by atoms with E-state index in [9.17, 15) is 4.79 Å². The Morgan fingerprint density at radius 2 is 1.89 bits per heavy atom. The van der Waals surface area contributed by atoms with Crippen molar-refractivity contribution in [3.05, 3.63) is 76.8 Å². The van der Waals surface area contributed by atoms with Crippen LogP contribution in [0.15, 0.2) is 71.2 Å². The molecule has 0 atom stereocenters. The highest BCUT2D eigenvalue weighted by Gasteiger charge is 2.10. The summed E-state index contributed by atoms with van der Waals surface area (Å²) in [6.07, 6.45) is 0. The van der Waals surface area contributed by atoms with Crippen molar-refractivity contribution in [1.29, 1.82) is 0 Å². The molecule has 0 spiro atoms. The molecule has 0 saturated carbocycles. The summed E-state index contributed by atoms with van der Waals surface area (Å²) >= 11 is 5.10. The van der Waals surface area contributed by atoms with E-state index in [0.717, 1.165) is 36.7 Å². The van der Waals surface area contributed by atoms with Crippen LogP contribution >= 0.6 is 27.3 Å². The monoisotopic (exact) mass is 452 g/mol. The lowest BCUT2D eigenvalue weighted by Gasteiger charge is -2.09. The zero-order chi connectivity index (χ0) is 19.5. The van der Waals surface area contributed by atoms with Gasteiger partial charge in [-0.1, -0.05) is 12.1 Å². The van der Waals surface area contributed by atoms with Crippen LogP contribution in [0.25, 0.3) is 20.8 Å². The van der Waals surface area contributed by atoms with Crippen LogP contribution in [0.5, 0.6) is 5.75 Å². The molecule has 0 saturated heterocycles. The van der Waals surface area contributed by atoms with Crippen molar-refractivity contribution in [3.63, 3.8) is 0 Å². The summed E-state index contributed by atoms with van der Waals surface area (Å²) in [4.78, 5) is 17.2. The molecule has 1 aromatic heterocycles. The van der Waals surface area contributed by atoms with Gasteiger partial charge in [-0.25, -0.2) is 4.98 Å². The largest absolute Gasteiger partial charge is 0.493 e. The average Bonchev–Trinajstić information content (AvgIpc) is 3.14. The van der Waals surface area contributed by atoms with Crippen LogP contribution in [0, 0.1) is 0 Å². The number of benzene rings is 3. The number of nitrogens with one attached hydrogen (secondary N) is 1. The number of nitrogens with zero attached hydrogens (tertiary/aromatic N) is 1. The maximum atomic E-state index is 12.5. The van der Waals surface area contributed by atoms with Gasteiger partial charge in [0.2, 0.25) is 0 Å². The Labute approximate surface area is 175 Å². The van der Waals surface area contributed by atoms with E-state index < -0.39 is 0 Å². The van der Waals surface area contributed by atoms with E-state index in [0.29, 0.717) is 12.2 Å². The first-order chi connectivity index (χ1) is 13.6. The topological polar surface area (TPSA) is 51.2 Å². The van der Waals surface area contributed by atoms with E-state index >= 15 is 0 Å². The Morgan fingerprint density at radius 1 is 1.11 bits per heavy atom. The van der Waals surface area contributed by atoms with Gasteiger partial charge in [-0.05, 0) is 77.5 Å². The standard InChI is InChI=1S/C22H17BrN2O2S/c1-2-27-19-12-9-15(13-17(19)23)21(26)24-16-10-7-14(8-11-16)22-25-18-5-3-4-6-20(18)28-22/h3-13H,2H2,1H3,(H,24,26). The van der Waals surface area contributed by atoms with E-state index in [-0.39, 0.29) is 5.91 Å². The summed E-state index contributed by atoms with van der Waals surface area (Å²) in [6.45, 7) is 2.50. The molecule has 28 heavy (non-hydrogen) atoms. The predicted molar refractivity (Wildman–Crippen MR) is 118 cm³/mol. The fraction of sp³-hybridized carbons (Fsp3) is 0.0909. The molecule has 0 fully saturated rings. The van der Waals surface area contributed by atoms with Crippen molar-refractivity contribution in [2.24, 2.45) is 0 Å². The molecule has 4 aromatic rings. The van der Waals surface area contributed by atoms with Crippen LogP contribution < -0.4 is 10.1 Å². The number of thiazole rings is 1. The van der Waals surface area contributed by atoms with Crippen LogP contribution in [-0.4, -0.2) is 17.5 Å². The molecule has 0 aliphatic carbocycles. The summed E-state index contributed by atoms with van der Waals surface area (Å²) < 4.78 is 7.40. The van der Waals surface area contributed by atoms with Crippen molar-refractivity contribution in [1.82, 2.24) is 4.98 Å². The number of anilines is 1. The maximum Gasteiger partial charge on any atom is 0.255 e. The highest BCUT2D eigenvalue weighted by atomic mass is 79.9. The third-order valence-corrected chi connectivity index (χ3v) is 5.88. The minimum absolute atomic E-state index is 0.170. The zero-order valence-electron chi connectivity index (χ0n) is 15.1. The predicted octanol–water partition coefficient (Wildman–Crippen LogP) is 6.38. The Morgan fingerprint density at radius 3 is 2.61 bits per heavy atom. The molecule has 1 N–H and O–H groups in total. The number of aromatic nitrogens is 1. The van der Waals surface area contributed by atoms with Crippen LogP contribution in [0.2, 0.25) is 0 Å². The van der Waals surface area contributed by atoms with Crippen molar-refractivity contribution in [2.75, 3.05) is 11.9 Å². The van der Waals surface area contributed by atoms with Gasteiger partial charge in [0.15, 0.2) is 0 Å². The van der Waals surface area contributed by atoms with Gasteiger partial charge < -0.3 is 10.1 Å². The number of halogens is 1. The van der Waals surface area contributed by atoms with E-state index in [2.05, 4.69) is 32.3 Å². The second kappa shape index (κ2) is 8.12. The first-order valence-electron chi connectivity index (χ1n) is 8.84. The number of para-hydroxylation sites is 1. The molecule has 1 heterocycles. The third kappa shape index (κ3) is 3.93. The highest BCUT2D eigenvalue weighted by Crippen LogP contribution is 2.31. The minimum Gasteiger partial charge on any atom is -0.493 e. The smallest absolute Gasteiger partial charge is 0.255 e. The number of carbonyl (C=O) groups excluding carboxylic acids is 1. The highest BCUT2D eigenvalue weighted by molar-refractivity contribution is 9.10. The molecule has 0 aliphatic heterocycles. The Kier molecular flexibility index (Phi) is 5.41. The number of fused-ring (bicyclic) bond motifs is 1. The van der Waals surface area contributed by atoms with Gasteiger partial charge in [0.05, 0.1) is 21.3 Å². The minimum atomic E-state index is -0.170. The van der Waals surface area contributed by atoms with Gasteiger partial charge in [0.25, 0.3) is 5.91 Å². The number of carbonyl (C=O) groups is 1. The second-order valence-corrected chi connectivity index (χ2v) is 7.98. The van der Waals surface area contributed by atoms with Crippen LogP contribution in [0.1, 0.15) is 17.3 Å². The van der Waals surface area contributed by atoms with Crippen molar-refractivity contribution in [3.8, 4) is 16.3 Å². The van der Waals surface area contributed by atoms with E-state index in [4.69, 9.17) is 4.74 Å². The molecule has 1 amide bonds. The Hall–Kier alpha value is -2.70. The van der Waals surface area contributed by atoms with Gasteiger partial charge in [-0.15, -0.1) is 11.3 Å². The van der Waals surface area contributed by atoms with Crippen LogP contribution in [0.4, 0.5) is 5.69 Å². The fourth-order valence-electron chi connectivity index (χ4n) is 2.81. The fourth-order valence-corrected chi connectivity index (χ4v) is 4.27. The SMILES string of the molecule is CCOc1ccc(C(=O)Nc2ccc(-c3nc4ccccc4s3)cc2)cc1Br. The lowest BCUT2D eigenvalue weighted by atomic mass is 10.2. The lowest BCUT2D eigenvalue weighted by molar-refractivity contribution is 0.102. The molecule has 0 aliphatic rings. The average molecular weight is 453 g/mol. The van der Waals surface area contributed by atoms with Crippen molar-refractivity contribution in [2.45, 2.75) is 6.92 Å². The quantitative estimate of drug-likeness (QED) is 0.382. The van der Waals surface area contributed by atoms with Crippen LogP contribution in [-0.2, 0) is 0 Å². The summed E-state index contributed by atoms with van der Waals surface area (Å²) in [5.41, 5.74) is 3.33. The molecule has 6 heteroatoms. The van der Waals surface area contributed by atoms with Gasteiger partial charge in [0.1, 0.15) is 10.8 Å². The van der Waals surface area contributed by atoms with E-state index in [1.165, 1.54) is 0 Å². The molecule has 0 unspecified atom stereocenters. The van der Waals surface area contributed by atoms with Crippen molar-refractivity contribution >= 4 is 49.1 Å². The van der Waals surface area contributed by atoms with E-state index in [1.54, 1.807) is 29.5 Å². The van der Waals surface area contributed by atoms with Gasteiger partial charge >= 0.3 is 0 Å². The molecule has 4 nitrogen and oxygen atoms in total. The summed E-state index contributed by atoms with van der Waals surface area (Å²) in [5.74, 6) is 0.552. The Balaban J connectivity index is 1.49. The molecule has 140 valence electrons. The Bertz CT molecular complexity index is 1110. The molecule has 3 aromatic carbocycles. The first-order valence-corrected chi connectivity index (χ1v) is 10.4. The number of ether oxygens (including phenoxy) is 1. The van der Waals surface area contributed by atoms with Gasteiger partial charge in [-0.2, -0.15) is 0 Å². The number of hydrogen-bond acceptors (Lipinski definition) is 4. The van der Waals surface area contributed by atoms with Gasteiger partial charge in [-0.3, -0.25) is 4.79 Å². The van der Waals surface area contributed by atoms with Crippen molar-refractivity contribution < 1.29 is 9.53 Å². The zero-order valence-corrected chi connectivity index (χ0v) is 17.5. The normalized spacial score (nSPS) is 10.8. The van der Waals surface area contributed by atoms with E-state index in [1.807, 2.05) is 49.4 Å². The maximum absolute atomic E-state index is 12.5.